The van der Waals surface area contributed by atoms with E-state index in [9.17, 15) is 4.79 Å². The quantitative estimate of drug-likeness (QED) is 0.846. The highest BCUT2D eigenvalue weighted by Crippen LogP contribution is 2.25. The van der Waals surface area contributed by atoms with E-state index in [2.05, 4.69) is 40.5 Å². The fraction of sp³-hybridized carbons (Fsp3) is 0.650. The monoisotopic (exact) mass is 350 g/mol. The third-order valence-electron chi connectivity index (χ3n) is 5.53. The van der Waals surface area contributed by atoms with Gasteiger partial charge in [0.1, 0.15) is 0 Å². The van der Waals surface area contributed by atoms with Gasteiger partial charge in [-0.25, -0.2) is 0 Å². The third kappa shape index (κ3) is 5.49. The zero-order valence-corrected chi connectivity index (χ0v) is 15.4. The number of carbonyl (C=O) groups excluding carboxylic acids is 1. The molecule has 0 aromatic heterocycles. The number of nitrogens with zero attached hydrogens (tertiary/aromatic N) is 1. The Morgan fingerprint density at radius 2 is 1.83 bits per heavy atom. The number of aryl methyl sites for hydroxylation is 1. The standard InChI is InChI=1S/C20H30N2O.ClH/c23-20(11-9-18-12-14-21-15-13-18)22-16-4-7-19(22)10-8-17-5-2-1-3-6-17;/h1-3,5-6,18-19,21H,4,7-16H2;1H. The van der Waals surface area contributed by atoms with Crippen LogP contribution in [-0.4, -0.2) is 36.5 Å². The predicted molar refractivity (Wildman–Crippen MR) is 102 cm³/mol. The number of hydrogen-bond acceptors (Lipinski definition) is 2. The molecule has 24 heavy (non-hydrogen) atoms. The highest BCUT2D eigenvalue weighted by atomic mass is 35.5. The molecule has 3 nitrogen and oxygen atoms in total. The first-order valence-corrected chi connectivity index (χ1v) is 9.37. The molecule has 1 aromatic carbocycles. The Morgan fingerprint density at radius 3 is 2.58 bits per heavy atom. The SMILES string of the molecule is Cl.O=C(CCC1CCNCC1)N1CCCC1CCc1ccccc1. The van der Waals surface area contributed by atoms with E-state index < -0.39 is 0 Å². The van der Waals surface area contributed by atoms with Gasteiger partial charge in [-0.3, -0.25) is 4.79 Å². The number of halogens is 1. The second kappa shape index (κ2) is 10.0. The van der Waals surface area contributed by atoms with E-state index in [1.165, 1.54) is 31.2 Å². The molecule has 1 aromatic rings. The van der Waals surface area contributed by atoms with E-state index in [-0.39, 0.29) is 12.4 Å². The van der Waals surface area contributed by atoms with Gasteiger partial charge in [-0.1, -0.05) is 30.3 Å². The lowest BCUT2D eigenvalue weighted by molar-refractivity contribution is -0.132. The van der Waals surface area contributed by atoms with Crippen molar-refractivity contribution in [3.8, 4) is 0 Å². The van der Waals surface area contributed by atoms with Gasteiger partial charge in [0.05, 0.1) is 0 Å². The Balaban J connectivity index is 0.00000208. The number of carbonyl (C=O) groups is 1. The summed E-state index contributed by atoms with van der Waals surface area (Å²) >= 11 is 0. The van der Waals surface area contributed by atoms with Crippen LogP contribution < -0.4 is 5.32 Å². The zero-order valence-electron chi connectivity index (χ0n) is 14.6. The van der Waals surface area contributed by atoms with Gasteiger partial charge < -0.3 is 10.2 Å². The van der Waals surface area contributed by atoms with E-state index >= 15 is 0 Å². The molecule has 1 amide bonds. The van der Waals surface area contributed by atoms with Crippen molar-refractivity contribution in [1.82, 2.24) is 10.2 Å². The van der Waals surface area contributed by atoms with Crippen LogP contribution in [0.3, 0.4) is 0 Å². The summed E-state index contributed by atoms with van der Waals surface area (Å²) in [4.78, 5) is 14.8. The van der Waals surface area contributed by atoms with Crippen molar-refractivity contribution in [2.45, 2.75) is 57.4 Å². The lowest BCUT2D eigenvalue weighted by Crippen LogP contribution is -2.36. The maximum Gasteiger partial charge on any atom is 0.222 e. The zero-order chi connectivity index (χ0) is 15.9. The summed E-state index contributed by atoms with van der Waals surface area (Å²) in [5.41, 5.74) is 1.39. The summed E-state index contributed by atoms with van der Waals surface area (Å²) in [6.45, 7) is 3.23. The fourth-order valence-electron chi connectivity index (χ4n) is 4.08. The molecule has 3 rings (SSSR count). The molecular formula is C20H31ClN2O. The number of piperidine rings is 1. The van der Waals surface area contributed by atoms with E-state index in [4.69, 9.17) is 0 Å². The van der Waals surface area contributed by atoms with Crippen molar-refractivity contribution >= 4 is 18.3 Å². The fourth-order valence-corrected chi connectivity index (χ4v) is 4.08. The average molecular weight is 351 g/mol. The summed E-state index contributed by atoms with van der Waals surface area (Å²) in [5, 5.41) is 3.40. The van der Waals surface area contributed by atoms with Crippen molar-refractivity contribution in [2.75, 3.05) is 19.6 Å². The predicted octanol–water partition coefficient (Wildman–Crippen LogP) is 3.81. The first-order chi connectivity index (χ1) is 11.3. The van der Waals surface area contributed by atoms with Crippen LogP contribution in [-0.2, 0) is 11.2 Å². The van der Waals surface area contributed by atoms with Gasteiger partial charge in [0, 0.05) is 19.0 Å². The molecule has 2 heterocycles. The van der Waals surface area contributed by atoms with Crippen LogP contribution in [0.15, 0.2) is 30.3 Å². The number of nitrogens with one attached hydrogen (secondary N) is 1. The largest absolute Gasteiger partial charge is 0.340 e. The van der Waals surface area contributed by atoms with Crippen LogP contribution >= 0.6 is 12.4 Å². The van der Waals surface area contributed by atoms with Crippen molar-refractivity contribution in [3.05, 3.63) is 35.9 Å². The molecule has 2 aliphatic heterocycles. The van der Waals surface area contributed by atoms with Gasteiger partial charge in [0.25, 0.3) is 0 Å². The molecular weight excluding hydrogens is 320 g/mol. The molecule has 134 valence electrons. The van der Waals surface area contributed by atoms with Crippen LogP contribution in [0, 0.1) is 5.92 Å². The molecule has 1 atom stereocenters. The Labute approximate surface area is 152 Å². The van der Waals surface area contributed by atoms with Gasteiger partial charge in [0.15, 0.2) is 0 Å². The number of hydrogen-bond donors (Lipinski definition) is 1. The minimum Gasteiger partial charge on any atom is -0.340 e. The van der Waals surface area contributed by atoms with Gasteiger partial charge in [-0.05, 0) is 69.5 Å². The number of benzene rings is 1. The molecule has 0 saturated carbocycles. The average Bonchev–Trinajstić information content (AvgIpc) is 3.08. The first-order valence-electron chi connectivity index (χ1n) is 9.37. The van der Waals surface area contributed by atoms with Gasteiger partial charge in [-0.2, -0.15) is 0 Å². The van der Waals surface area contributed by atoms with Crippen LogP contribution in [0.2, 0.25) is 0 Å². The third-order valence-corrected chi connectivity index (χ3v) is 5.53. The second-order valence-corrected chi connectivity index (χ2v) is 7.14. The lowest BCUT2D eigenvalue weighted by Gasteiger charge is -2.27. The Hall–Kier alpha value is -1.06. The van der Waals surface area contributed by atoms with Crippen molar-refractivity contribution in [3.63, 3.8) is 0 Å². The highest BCUT2D eigenvalue weighted by Gasteiger charge is 2.28. The molecule has 2 saturated heterocycles. The van der Waals surface area contributed by atoms with Gasteiger partial charge >= 0.3 is 0 Å². The van der Waals surface area contributed by atoms with Gasteiger partial charge in [-0.15, -0.1) is 12.4 Å². The van der Waals surface area contributed by atoms with E-state index in [1.54, 1.807) is 0 Å². The molecule has 1 N–H and O–H groups in total. The maximum atomic E-state index is 12.6. The topological polar surface area (TPSA) is 32.3 Å². The van der Waals surface area contributed by atoms with Gasteiger partial charge in [0.2, 0.25) is 5.91 Å². The molecule has 0 aliphatic carbocycles. The summed E-state index contributed by atoms with van der Waals surface area (Å²) in [6, 6.07) is 11.1. The summed E-state index contributed by atoms with van der Waals surface area (Å²) in [6.07, 6.45) is 8.89. The Bertz CT molecular complexity index is 488. The van der Waals surface area contributed by atoms with Crippen molar-refractivity contribution < 1.29 is 4.79 Å². The van der Waals surface area contributed by atoms with Crippen LogP contribution in [0.1, 0.15) is 50.5 Å². The molecule has 0 spiro atoms. The minimum absolute atomic E-state index is 0. The Kier molecular flexibility index (Phi) is 8.07. The summed E-state index contributed by atoms with van der Waals surface area (Å²) < 4.78 is 0. The minimum atomic E-state index is 0. The maximum absolute atomic E-state index is 12.6. The van der Waals surface area contributed by atoms with E-state index in [0.29, 0.717) is 11.9 Å². The molecule has 0 radical (unpaired) electrons. The van der Waals surface area contributed by atoms with Crippen LogP contribution in [0.25, 0.3) is 0 Å². The highest BCUT2D eigenvalue weighted by molar-refractivity contribution is 5.85. The lowest BCUT2D eigenvalue weighted by atomic mass is 9.93. The van der Waals surface area contributed by atoms with E-state index in [0.717, 1.165) is 51.2 Å². The van der Waals surface area contributed by atoms with E-state index in [1.807, 2.05) is 0 Å². The summed E-state index contributed by atoms with van der Waals surface area (Å²) in [7, 11) is 0. The normalized spacial score (nSPS) is 21.5. The molecule has 2 aliphatic rings. The number of likely N-dealkylation sites (tertiary alicyclic amines) is 1. The van der Waals surface area contributed by atoms with Crippen LogP contribution in [0.4, 0.5) is 0 Å². The summed E-state index contributed by atoms with van der Waals surface area (Å²) in [5.74, 6) is 1.16. The molecule has 2 fully saturated rings. The van der Waals surface area contributed by atoms with Crippen molar-refractivity contribution in [2.24, 2.45) is 5.92 Å². The first kappa shape index (κ1) is 19.3. The van der Waals surface area contributed by atoms with Crippen molar-refractivity contribution in [1.29, 1.82) is 0 Å². The second-order valence-electron chi connectivity index (χ2n) is 7.14. The smallest absolute Gasteiger partial charge is 0.222 e. The number of rotatable bonds is 6. The molecule has 1 unspecified atom stereocenters. The molecule has 0 bridgehead atoms. The van der Waals surface area contributed by atoms with Crippen LogP contribution in [0.5, 0.6) is 0 Å². The molecule has 4 heteroatoms. The Morgan fingerprint density at radius 1 is 1.08 bits per heavy atom. The number of amides is 1.